The van der Waals surface area contributed by atoms with Crippen molar-refractivity contribution in [1.82, 2.24) is 0 Å². The van der Waals surface area contributed by atoms with Gasteiger partial charge in [0.1, 0.15) is 0 Å². The number of rotatable bonds is 8. The van der Waals surface area contributed by atoms with Crippen molar-refractivity contribution in [3.63, 3.8) is 0 Å². The van der Waals surface area contributed by atoms with Gasteiger partial charge in [0.05, 0.1) is 43.5 Å². The molecule has 1 aromatic rings. The number of hydrogen-bond acceptors (Lipinski definition) is 6. The lowest BCUT2D eigenvalue weighted by atomic mass is 10.1. The maximum Gasteiger partial charge on any atom is 0.297 e. The lowest BCUT2D eigenvalue weighted by molar-refractivity contribution is -0.100. The van der Waals surface area contributed by atoms with Crippen LogP contribution in [0.1, 0.15) is 18.4 Å². The second-order valence-corrected chi connectivity index (χ2v) is 7.19. The van der Waals surface area contributed by atoms with Crippen molar-refractivity contribution in [3.05, 3.63) is 29.8 Å². The Morgan fingerprint density at radius 2 is 1.91 bits per heavy atom. The van der Waals surface area contributed by atoms with Crippen molar-refractivity contribution in [2.24, 2.45) is 0 Å². The monoisotopic (exact) mass is 344 g/mol. The van der Waals surface area contributed by atoms with Gasteiger partial charge in [0.25, 0.3) is 10.1 Å². The Bertz CT molecular complexity index is 561. The predicted octanol–water partition coefficient (Wildman–Crippen LogP) is 1.91. The van der Waals surface area contributed by atoms with E-state index in [0.717, 1.165) is 12.0 Å². The smallest absolute Gasteiger partial charge is 0.297 e. The molecular weight excluding hydrogens is 320 g/mol. The highest BCUT2D eigenvalue weighted by Crippen LogP contribution is 2.19. The molecule has 1 aliphatic heterocycles. The summed E-state index contributed by atoms with van der Waals surface area (Å²) in [5.74, 6) is 0. The first kappa shape index (κ1) is 18.4. The highest BCUT2D eigenvalue weighted by Gasteiger charge is 2.25. The van der Waals surface area contributed by atoms with Crippen molar-refractivity contribution in [1.29, 1.82) is 0 Å². The Labute approximate surface area is 137 Å². The second-order valence-electron chi connectivity index (χ2n) is 5.57. The van der Waals surface area contributed by atoms with Gasteiger partial charge >= 0.3 is 0 Å². The minimum atomic E-state index is -3.74. The lowest BCUT2D eigenvalue weighted by Gasteiger charge is -2.28. The first-order valence-electron chi connectivity index (χ1n) is 7.69. The zero-order valence-corrected chi connectivity index (χ0v) is 14.4. The van der Waals surface area contributed by atoms with Crippen LogP contribution in [-0.2, 0) is 28.5 Å². The Morgan fingerprint density at radius 1 is 1.17 bits per heavy atom. The predicted molar refractivity (Wildman–Crippen MR) is 84.9 cm³/mol. The Hall–Kier alpha value is -0.990. The molecule has 2 atom stereocenters. The minimum Gasteiger partial charge on any atom is -0.382 e. The highest BCUT2D eigenvalue weighted by molar-refractivity contribution is 7.86. The quantitative estimate of drug-likeness (QED) is 0.530. The molecule has 7 heteroatoms. The molecule has 0 spiro atoms. The summed E-state index contributed by atoms with van der Waals surface area (Å²) in [6.45, 7) is 3.47. The third-order valence-electron chi connectivity index (χ3n) is 3.69. The molecule has 1 fully saturated rings. The average molecular weight is 344 g/mol. The fraction of sp³-hybridized carbons (Fsp3) is 0.625. The average Bonchev–Trinajstić information content (AvgIpc) is 2.55. The zero-order valence-electron chi connectivity index (χ0n) is 13.6. The number of ether oxygens (including phenoxy) is 3. The fourth-order valence-electron chi connectivity index (χ4n) is 2.28. The molecule has 0 aromatic heterocycles. The number of aryl methyl sites for hydroxylation is 1. The maximum atomic E-state index is 12.1. The van der Waals surface area contributed by atoms with Gasteiger partial charge in [-0.1, -0.05) is 17.7 Å². The summed E-state index contributed by atoms with van der Waals surface area (Å²) in [4.78, 5) is 0.166. The minimum absolute atomic E-state index is 0.0288. The van der Waals surface area contributed by atoms with Gasteiger partial charge in [0.2, 0.25) is 0 Å². The van der Waals surface area contributed by atoms with E-state index in [1.807, 2.05) is 6.92 Å². The van der Waals surface area contributed by atoms with E-state index >= 15 is 0 Å². The van der Waals surface area contributed by atoms with Crippen LogP contribution in [0, 0.1) is 6.92 Å². The summed E-state index contributed by atoms with van der Waals surface area (Å²) < 4.78 is 45.5. The second kappa shape index (κ2) is 8.75. The largest absolute Gasteiger partial charge is 0.382 e. The normalized spacial score (nSPS) is 22.2. The Morgan fingerprint density at radius 3 is 2.52 bits per heavy atom. The number of hydrogen-bond donors (Lipinski definition) is 0. The third kappa shape index (κ3) is 5.86. The molecule has 0 N–H and O–H groups in total. The van der Waals surface area contributed by atoms with Crippen LogP contribution in [0.5, 0.6) is 0 Å². The summed E-state index contributed by atoms with van der Waals surface area (Å²) in [6.07, 6.45) is 1.34. The van der Waals surface area contributed by atoms with Gasteiger partial charge in [-0.3, -0.25) is 4.18 Å². The molecule has 0 radical (unpaired) electrons. The topological polar surface area (TPSA) is 71.1 Å². The van der Waals surface area contributed by atoms with Crippen LogP contribution in [0.25, 0.3) is 0 Å². The van der Waals surface area contributed by atoms with Crippen molar-refractivity contribution in [2.75, 3.05) is 33.5 Å². The SMILES string of the molecule is COCCO[C@H]1CC[C@H](COS(=O)(=O)c2ccc(C)cc2)OC1. The molecular formula is C16H24O6S. The van der Waals surface area contributed by atoms with Crippen LogP contribution >= 0.6 is 0 Å². The van der Waals surface area contributed by atoms with E-state index in [9.17, 15) is 8.42 Å². The van der Waals surface area contributed by atoms with E-state index in [4.69, 9.17) is 18.4 Å². The van der Waals surface area contributed by atoms with Gasteiger partial charge in [0, 0.05) is 7.11 Å². The third-order valence-corrected chi connectivity index (χ3v) is 4.98. The molecule has 0 unspecified atom stereocenters. The van der Waals surface area contributed by atoms with Crippen molar-refractivity contribution in [2.45, 2.75) is 36.9 Å². The molecule has 2 rings (SSSR count). The van der Waals surface area contributed by atoms with Crippen molar-refractivity contribution in [3.8, 4) is 0 Å². The summed E-state index contributed by atoms with van der Waals surface area (Å²) in [5, 5.41) is 0. The molecule has 1 aliphatic rings. The highest BCUT2D eigenvalue weighted by atomic mass is 32.2. The van der Waals surface area contributed by atoms with Gasteiger partial charge in [0.15, 0.2) is 0 Å². The zero-order chi connectivity index (χ0) is 16.7. The van der Waals surface area contributed by atoms with Crippen LogP contribution in [-0.4, -0.2) is 54.2 Å². The van der Waals surface area contributed by atoms with Gasteiger partial charge < -0.3 is 14.2 Å². The molecule has 6 nitrogen and oxygen atoms in total. The first-order chi connectivity index (χ1) is 11.0. The van der Waals surface area contributed by atoms with Crippen LogP contribution in [0.3, 0.4) is 0 Å². The van der Waals surface area contributed by atoms with Gasteiger partial charge in [-0.15, -0.1) is 0 Å². The van der Waals surface area contributed by atoms with Gasteiger partial charge in [-0.2, -0.15) is 8.42 Å². The first-order valence-corrected chi connectivity index (χ1v) is 9.10. The van der Waals surface area contributed by atoms with Crippen LogP contribution < -0.4 is 0 Å². The molecule has 23 heavy (non-hydrogen) atoms. The van der Waals surface area contributed by atoms with E-state index in [0.29, 0.717) is 26.2 Å². The van der Waals surface area contributed by atoms with Crippen LogP contribution in [0.15, 0.2) is 29.2 Å². The van der Waals surface area contributed by atoms with E-state index in [1.165, 1.54) is 0 Å². The van der Waals surface area contributed by atoms with Crippen LogP contribution in [0.2, 0.25) is 0 Å². The van der Waals surface area contributed by atoms with E-state index in [-0.39, 0.29) is 23.7 Å². The summed E-state index contributed by atoms with van der Waals surface area (Å²) >= 11 is 0. The molecule has 1 heterocycles. The van der Waals surface area contributed by atoms with Gasteiger partial charge in [-0.25, -0.2) is 0 Å². The van der Waals surface area contributed by atoms with Gasteiger partial charge in [-0.05, 0) is 31.9 Å². The van der Waals surface area contributed by atoms with Crippen molar-refractivity contribution < 1.29 is 26.8 Å². The number of methoxy groups -OCH3 is 1. The van der Waals surface area contributed by atoms with E-state index in [2.05, 4.69) is 0 Å². The lowest BCUT2D eigenvalue weighted by Crippen LogP contribution is -2.35. The summed E-state index contributed by atoms with van der Waals surface area (Å²) in [7, 11) is -2.11. The van der Waals surface area contributed by atoms with E-state index in [1.54, 1.807) is 31.4 Å². The fourth-order valence-corrected chi connectivity index (χ4v) is 3.22. The Balaban J connectivity index is 1.75. The number of benzene rings is 1. The standard InChI is InChI=1S/C16H24O6S/c1-13-3-7-16(8-4-13)23(17,18)22-12-15-6-5-14(11-21-15)20-10-9-19-2/h3-4,7-8,14-15H,5-6,9-12H2,1-2H3/t14-,15+/m0/s1. The molecule has 1 aromatic carbocycles. The molecule has 130 valence electrons. The molecule has 0 bridgehead atoms. The maximum absolute atomic E-state index is 12.1. The van der Waals surface area contributed by atoms with E-state index < -0.39 is 10.1 Å². The molecule has 0 amide bonds. The summed E-state index contributed by atoms with van der Waals surface area (Å²) in [5.41, 5.74) is 0.999. The molecule has 0 aliphatic carbocycles. The summed E-state index contributed by atoms with van der Waals surface area (Å²) in [6, 6.07) is 6.59. The molecule has 1 saturated heterocycles. The van der Waals surface area contributed by atoms with Crippen LogP contribution in [0.4, 0.5) is 0 Å². The Kier molecular flexibility index (Phi) is 6.98. The molecule has 0 saturated carbocycles. The van der Waals surface area contributed by atoms with Crippen molar-refractivity contribution >= 4 is 10.1 Å².